The minimum absolute atomic E-state index is 0.483. The Labute approximate surface area is 121 Å². The van der Waals surface area contributed by atoms with Crippen LogP contribution in [0.2, 0.25) is 0 Å². The highest BCUT2D eigenvalue weighted by Gasteiger charge is 2.18. The number of anilines is 1. The highest BCUT2D eigenvalue weighted by atomic mass is 35.5. The largest absolute Gasteiger partial charge is 0.344 e. The topological polar surface area (TPSA) is 37.2 Å². The van der Waals surface area contributed by atoms with Crippen molar-refractivity contribution in [2.45, 2.75) is 5.88 Å². The van der Waals surface area contributed by atoms with Gasteiger partial charge in [0.15, 0.2) is 0 Å². The van der Waals surface area contributed by atoms with Crippen molar-refractivity contribution in [2.75, 3.05) is 38.1 Å². The first-order valence-electron chi connectivity index (χ1n) is 6.27. The Bertz CT molecular complexity index is 544. The monoisotopic (exact) mass is 297 g/mol. The third-order valence-electron chi connectivity index (χ3n) is 3.35. The SMILES string of the molecule is CN1CCN(c2nnc(-n3cccc3CCl)s2)CC1. The molecule has 0 unspecified atom stereocenters. The molecule has 2 aromatic heterocycles. The second-order valence-corrected chi connectivity index (χ2v) is 5.86. The minimum Gasteiger partial charge on any atom is -0.344 e. The first kappa shape index (κ1) is 12.9. The molecular weight excluding hydrogens is 282 g/mol. The van der Waals surface area contributed by atoms with Gasteiger partial charge in [0.05, 0.1) is 5.88 Å². The van der Waals surface area contributed by atoms with Gasteiger partial charge in [-0.25, -0.2) is 0 Å². The summed E-state index contributed by atoms with van der Waals surface area (Å²) in [5.41, 5.74) is 1.04. The van der Waals surface area contributed by atoms with Crippen LogP contribution in [0, 0.1) is 0 Å². The predicted molar refractivity (Wildman–Crippen MR) is 78.5 cm³/mol. The molecule has 3 heterocycles. The van der Waals surface area contributed by atoms with Gasteiger partial charge in [0.1, 0.15) is 0 Å². The van der Waals surface area contributed by atoms with E-state index in [0.29, 0.717) is 5.88 Å². The average molecular weight is 298 g/mol. The smallest absolute Gasteiger partial charge is 0.218 e. The number of aromatic nitrogens is 3. The van der Waals surface area contributed by atoms with Crippen LogP contribution >= 0.6 is 22.9 Å². The molecule has 1 aliphatic heterocycles. The van der Waals surface area contributed by atoms with Crippen LogP contribution in [0.4, 0.5) is 5.13 Å². The van der Waals surface area contributed by atoms with E-state index in [-0.39, 0.29) is 0 Å². The molecule has 1 saturated heterocycles. The van der Waals surface area contributed by atoms with E-state index in [0.717, 1.165) is 42.1 Å². The zero-order chi connectivity index (χ0) is 13.2. The Hall–Kier alpha value is -1.11. The first-order valence-corrected chi connectivity index (χ1v) is 7.62. The van der Waals surface area contributed by atoms with Gasteiger partial charge in [-0.1, -0.05) is 11.3 Å². The maximum Gasteiger partial charge on any atom is 0.218 e. The molecule has 0 aliphatic carbocycles. The molecular formula is C12H16ClN5S. The number of hydrogen-bond donors (Lipinski definition) is 0. The van der Waals surface area contributed by atoms with E-state index < -0.39 is 0 Å². The molecule has 5 nitrogen and oxygen atoms in total. The fourth-order valence-corrected chi connectivity index (χ4v) is 3.28. The van der Waals surface area contributed by atoms with E-state index >= 15 is 0 Å². The maximum atomic E-state index is 5.91. The lowest BCUT2D eigenvalue weighted by atomic mass is 10.3. The van der Waals surface area contributed by atoms with E-state index in [1.807, 2.05) is 22.9 Å². The quantitative estimate of drug-likeness (QED) is 0.810. The second-order valence-electron chi connectivity index (χ2n) is 4.66. The summed E-state index contributed by atoms with van der Waals surface area (Å²) in [7, 11) is 2.15. The number of alkyl halides is 1. The molecule has 3 rings (SSSR count). The van der Waals surface area contributed by atoms with Crippen LogP contribution in [0.1, 0.15) is 5.69 Å². The highest BCUT2D eigenvalue weighted by molar-refractivity contribution is 7.17. The van der Waals surface area contributed by atoms with Crippen LogP contribution < -0.4 is 4.90 Å². The van der Waals surface area contributed by atoms with Gasteiger partial charge in [0.2, 0.25) is 10.3 Å². The van der Waals surface area contributed by atoms with Gasteiger partial charge < -0.3 is 9.80 Å². The standard InChI is InChI=1S/C12H16ClN5S/c1-16-5-7-17(8-6-16)11-14-15-12(19-11)18-4-2-3-10(18)9-13/h2-4H,5-9H2,1H3. The zero-order valence-electron chi connectivity index (χ0n) is 10.8. The van der Waals surface area contributed by atoms with E-state index in [4.69, 9.17) is 11.6 Å². The molecule has 0 atom stereocenters. The summed E-state index contributed by atoms with van der Waals surface area (Å²) in [6, 6.07) is 3.98. The zero-order valence-corrected chi connectivity index (χ0v) is 12.4. The molecule has 2 aromatic rings. The number of halogens is 1. The summed E-state index contributed by atoms with van der Waals surface area (Å²) < 4.78 is 2.00. The number of hydrogen-bond acceptors (Lipinski definition) is 5. The lowest BCUT2D eigenvalue weighted by Crippen LogP contribution is -2.44. The van der Waals surface area contributed by atoms with Crippen LogP contribution in [0.15, 0.2) is 18.3 Å². The average Bonchev–Trinajstić information content (AvgIpc) is 3.07. The van der Waals surface area contributed by atoms with Gasteiger partial charge in [-0.15, -0.1) is 21.8 Å². The van der Waals surface area contributed by atoms with Crippen molar-refractivity contribution in [3.05, 3.63) is 24.0 Å². The van der Waals surface area contributed by atoms with Crippen molar-refractivity contribution < 1.29 is 0 Å². The van der Waals surface area contributed by atoms with Gasteiger partial charge in [0, 0.05) is 38.1 Å². The Morgan fingerprint density at radius 1 is 1.21 bits per heavy atom. The molecule has 7 heteroatoms. The molecule has 0 bridgehead atoms. The molecule has 0 N–H and O–H groups in total. The molecule has 0 radical (unpaired) electrons. The third-order valence-corrected chi connectivity index (χ3v) is 4.61. The number of likely N-dealkylation sites (N-methyl/N-ethyl adjacent to an activating group) is 1. The summed E-state index contributed by atoms with van der Waals surface area (Å²) in [6.45, 7) is 4.18. The minimum atomic E-state index is 0.483. The molecule has 1 aliphatic rings. The third kappa shape index (κ3) is 2.61. The van der Waals surface area contributed by atoms with Gasteiger partial charge in [-0.05, 0) is 19.2 Å². The van der Waals surface area contributed by atoms with E-state index in [1.165, 1.54) is 0 Å². The second kappa shape index (κ2) is 5.48. The summed E-state index contributed by atoms with van der Waals surface area (Å²) in [5, 5.41) is 10.5. The lowest BCUT2D eigenvalue weighted by Gasteiger charge is -2.31. The van der Waals surface area contributed by atoms with Gasteiger partial charge in [0.25, 0.3) is 0 Å². The summed E-state index contributed by atoms with van der Waals surface area (Å²) in [6.07, 6.45) is 1.98. The van der Waals surface area contributed by atoms with E-state index in [1.54, 1.807) is 11.3 Å². The van der Waals surface area contributed by atoms with Crippen molar-refractivity contribution in [3.63, 3.8) is 0 Å². The Morgan fingerprint density at radius 3 is 2.68 bits per heavy atom. The van der Waals surface area contributed by atoms with Crippen LogP contribution in [0.25, 0.3) is 5.13 Å². The van der Waals surface area contributed by atoms with E-state index in [2.05, 4.69) is 27.0 Å². The van der Waals surface area contributed by atoms with Gasteiger partial charge in [-0.3, -0.25) is 4.57 Å². The van der Waals surface area contributed by atoms with Gasteiger partial charge >= 0.3 is 0 Å². The summed E-state index contributed by atoms with van der Waals surface area (Å²) >= 11 is 7.53. The molecule has 0 saturated carbocycles. The number of nitrogens with zero attached hydrogens (tertiary/aromatic N) is 5. The van der Waals surface area contributed by atoms with Crippen LogP contribution in [0.3, 0.4) is 0 Å². The number of piperazine rings is 1. The molecule has 19 heavy (non-hydrogen) atoms. The molecule has 0 aromatic carbocycles. The molecule has 1 fully saturated rings. The predicted octanol–water partition coefficient (Wildman–Crippen LogP) is 1.82. The first-order chi connectivity index (χ1) is 9.28. The van der Waals surface area contributed by atoms with Crippen molar-refractivity contribution in [3.8, 4) is 5.13 Å². The molecule has 0 amide bonds. The molecule has 102 valence electrons. The van der Waals surface area contributed by atoms with Crippen LogP contribution in [-0.2, 0) is 5.88 Å². The van der Waals surface area contributed by atoms with Crippen molar-refractivity contribution >= 4 is 28.1 Å². The lowest BCUT2D eigenvalue weighted by molar-refractivity contribution is 0.312. The fourth-order valence-electron chi connectivity index (χ4n) is 2.14. The Balaban J connectivity index is 1.80. The number of rotatable bonds is 3. The van der Waals surface area contributed by atoms with Crippen LogP contribution in [0.5, 0.6) is 0 Å². The Morgan fingerprint density at radius 2 is 1.95 bits per heavy atom. The van der Waals surface area contributed by atoms with Crippen molar-refractivity contribution in [2.24, 2.45) is 0 Å². The van der Waals surface area contributed by atoms with Crippen molar-refractivity contribution in [1.82, 2.24) is 19.7 Å². The Kier molecular flexibility index (Phi) is 3.72. The van der Waals surface area contributed by atoms with Gasteiger partial charge in [-0.2, -0.15) is 0 Å². The highest BCUT2D eigenvalue weighted by Crippen LogP contribution is 2.25. The maximum absolute atomic E-state index is 5.91. The summed E-state index contributed by atoms with van der Waals surface area (Å²) in [4.78, 5) is 4.63. The van der Waals surface area contributed by atoms with E-state index in [9.17, 15) is 0 Å². The molecule has 0 spiro atoms. The fraction of sp³-hybridized carbons (Fsp3) is 0.500. The van der Waals surface area contributed by atoms with Crippen LogP contribution in [-0.4, -0.2) is 52.9 Å². The summed E-state index contributed by atoms with van der Waals surface area (Å²) in [5.74, 6) is 0.483. The van der Waals surface area contributed by atoms with Crippen molar-refractivity contribution in [1.29, 1.82) is 0 Å². The normalized spacial score (nSPS) is 17.1.